The number of hydrogen-bond acceptors (Lipinski definition) is 3. The van der Waals surface area contributed by atoms with E-state index >= 15 is 0 Å². The fourth-order valence-electron chi connectivity index (χ4n) is 2.92. The van der Waals surface area contributed by atoms with Crippen LogP contribution in [0.2, 0.25) is 0 Å². The van der Waals surface area contributed by atoms with Crippen LogP contribution in [0.25, 0.3) is 10.9 Å². The molecule has 25 heavy (non-hydrogen) atoms. The summed E-state index contributed by atoms with van der Waals surface area (Å²) in [6, 6.07) is 15.9. The van der Waals surface area contributed by atoms with Gasteiger partial charge in [-0.2, -0.15) is 0 Å². The zero-order chi connectivity index (χ0) is 18.0. The van der Waals surface area contributed by atoms with Crippen LogP contribution in [0.4, 0.5) is 0 Å². The number of para-hydroxylation sites is 1. The minimum Gasteiger partial charge on any atom is -0.356 e. The second-order valence-corrected chi connectivity index (χ2v) is 7.95. The maximum atomic E-state index is 13.3. The van der Waals surface area contributed by atoms with Crippen LogP contribution in [0.1, 0.15) is 18.2 Å². The van der Waals surface area contributed by atoms with Crippen molar-refractivity contribution in [1.29, 1.82) is 0 Å². The van der Waals surface area contributed by atoms with E-state index in [2.05, 4.69) is 5.32 Å². The number of nitrogens with zero attached hydrogens (tertiary/aromatic N) is 1. The van der Waals surface area contributed by atoms with Gasteiger partial charge in [-0.1, -0.05) is 35.9 Å². The summed E-state index contributed by atoms with van der Waals surface area (Å²) in [5, 5.41) is 3.53. The lowest BCUT2D eigenvalue weighted by Gasteiger charge is -2.15. The van der Waals surface area contributed by atoms with Crippen molar-refractivity contribution in [2.45, 2.75) is 31.2 Å². The van der Waals surface area contributed by atoms with Gasteiger partial charge in [0.2, 0.25) is 6.41 Å². The van der Waals surface area contributed by atoms with E-state index in [9.17, 15) is 13.2 Å². The average molecular weight is 356 g/mol. The van der Waals surface area contributed by atoms with E-state index in [0.717, 1.165) is 10.9 Å². The number of nitrogens with one attached hydrogen (secondary N) is 1. The quantitative estimate of drug-likeness (QED) is 0.691. The summed E-state index contributed by atoms with van der Waals surface area (Å²) in [6.45, 7) is 3.76. The van der Waals surface area contributed by atoms with Gasteiger partial charge in [0.05, 0.1) is 10.4 Å². The number of fused-ring (bicyclic) bond motifs is 1. The molecule has 1 N–H and O–H groups in total. The Morgan fingerprint density at radius 2 is 1.80 bits per heavy atom. The maximum absolute atomic E-state index is 13.3. The molecule has 0 saturated carbocycles. The van der Waals surface area contributed by atoms with E-state index in [0.29, 0.717) is 24.0 Å². The number of hydrogen-bond donors (Lipinski definition) is 1. The molecule has 0 saturated heterocycles. The first-order valence-electron chi connectivity index (χ1n) is 8.05. The fourth-order valence-corrected chi connectivity index (χ4v) is 4.47. The summed E-state index contributed by atoms with van der Waals surface area (Å²) in [5.41, 5.74) is 2.28. The average Bonchev–Trinajstić information content (AvgIpc) is 2.93. The highest BCUT2D eigenvalue weighted by atomic mass is 32.2. The van der Waals surface area contributed by atoms with Gasteiger partial charge in [0.15, 0.2) is 0 Å². The van der Waals surface area contributed by atoms with Crippen molar-refractivity contribution < 1.29 is 13.2 Å². The second-order valence-electron chi connectivity index (χ2n) is 6.17. The SMILES string of the molecule is Cc1ccc(S(=O)(=O)n2c(CC(C)NC=O)cc3ccccc32)cc1. The molecule has 0 aliphatic rings. The lowest BCUT2D eigenvalue weighted by atomic mass is 10.2. The van der Waals surface area contributed by atoms with Crippen molar-refractivity contribution in [2.75, 3.05) is 0 Å². The number of aromatic nitrogens is 1. The summed E-state index contributed by atoms with van der Waals surface area (Å²) < 4.78 is 27.9. The first-order chi connectivity index (χ1) is 11.9. The predicted octanol–water partition coefficient (Wildman–Crippen LogP) is 2.86. The molecule has 0 spiro atoms. The van der Waals surface area contributed by atoms with E-state index in [-0.39, 0.29) is 10.9 Å². The Bertz CT molecular complexity index is 1000. The van der Waals surface area contributed by atoms with Crippen molar-refractivity contribution in [3.63, 3.8) is 0 Å². The van der Waals surface area contributed by atoms with E-state index < -0.39 is 10.0 Å². The normalized spacial score (nSPS) is 12.9. The lowest BCUT2D eigenvalue weighted by molar-refractivity contribution is -0.110. The molecular formula is C19H20N2O3S. The van der Waals surface area contributed by atoms with Gasteiger partial charge >= 0.3 is 0 Å². The summed E-state index contributed by atoms with van der Waals surface area (Å²) in [7, 11) is -3.73. The molecular weight excluding hydrogens is 336 g/mol. The molecule has 1 heterocycles. The van der Waals surface area contributed by atoms with Crippen LogP contribution in [0.3, 0.4) is 0 Å². The highest BCUT2D eigenvalue weighted by Gasteiger charge is 2.23. The maximum Gasteiger partial charge on any atom is 0.268 e. The summed E-state index contributed by atoms with van der Waals surface area (Å²) >= 11 is 0. The van der Waals surface area contributed by atoms with Crippen LogP contribution >= 0.6 is 0 Å². The molecule has 0 bridgehead atoms. The molecule has 3 aromatic rings. The molecule has 0 fully saturated rings. The van der Waals surface area contributed by atoms with Gasteiger partial charge in [-0.3, -0.25) is 4.79 Å². The van der Waals surface area contributed by atoms with Crippen molar-refractivity contribution >= 4 is 27.3 Å². The molecule has 2 aromatic carbocycles. The molecule has 0 aliphatic heterocycles. The van der Waals surface area contributed by atoms with E-state index in [1.165, 1.54) is 3.97 Å². The number of carbonyl (C=O) groups excluding carboxylic acids is 1. The van der Waals surface area contributed by atoms with E-state index in [1.807, 2.05) is 38.1 Å². The van der Waals surface area contributed by atoms with Crippen LogP contribution < -0.4 is 5.32 Å². The number of carbonyl (C=O) groups is 1. The van der Waals surface area contributed by atoms with Crippen LogP contribution in [-0.2, 0) is 21.2 Å². The van der Waals surface area contributed by atoms with Gasteiger partial charge in [-0.15, -0.1) is 0 Å². The molecule has 1 amide bonds. The smallest absolute Gasteiger partial charge is 0.268 e. The minimum absolute atomic E-state index is 0.172. The lowest BCUT2D eigenvalue weighted by Crippen LogP contribution is -2.28. The van der Waals surface area contributed by atoms with Crippen LogP contribution in [0.15, 0.2) is 59.5 Å². The molecule has 5 nitrogen and oxygen atoms in total. The molecule has 6 heteroatoms. The standard InChI is InChI=1S/C19H20N2O3S/c1-14-7-9-18(10-8-14)25(23,24)21-17(11-15(2)20-13-22)12-16-5-3-4-6-19(16)21/h3-10,12-13,15H,11H2,1-2H3,(H,20,22). The van der Waals surface area contributed by atoms with Crippen LogP contribution in [0, 0.1) is 6.92 Å². The third-order valence-corrected chi connectivity index (χ3v) is 5.95. The zero-order valence-electron chi connectivity index (χ0n) is 14.1. The molecule has 1 unspecified atom stereocenters. The van der Waals surface area contributed by atoms with Gasteiger partial charge in [-0.05, 0) is 38.1 Å². The first-order valence-corrected chi connectivity index (χ1v) is 9.49. The summed E-state index contributed by atoms with van der Waals surface area (Å²) in [4.78, 5) is 10.9. The van der Waals surface area contributed by atoms with Crippen LogP contribution in [-0.4, -0.2) is 24.8 Å². The number of rotatable bonds is 6. The highest BCUT2D eigenvalue weighted by Crippen LogP contribution is 2.26. The minimum atomic E-state index is -3.73. The Kier molecular flexibility index (Phi) is 4.63. The second kappa shape index (κ2) is 6.72. The Hall–Kier alpha value is -2.60. The Labute approximate surface area is 147 Å². The molecule has 3 rings (SSSR count). The Morgan fingerprint density at radius 3 is 2.48 bits per heavy atom. The third-order valence-electron chi connectivity index (χ3n) is 4.17. The van der Waals surface area contributed by atoms with Gasteiger partial charge in [0.1, 0.15) is 0 Å². The first kappa shape index (κ1) is 17.2. The molecule has 1 atom stereocenters. The van der Waals surface area contributed by atoms with Crippen molar-refractivity contribution in [3.05, 3.63) is 65.9 Å². The zero-order valence-corrected chi connectivity index (χ0v) is 15.0. The number of benzene rings is 2. The van der Waals surface area contributed by atoms with E-state index in [1.54, 1.807) is 30.3 Å². The van der Waals surface area contributed by atoms with Crippen LogP contribution in [0.5, 0.6) is 0 Å². The Morgan fingerprint density at radius 1 is 1.12 bits per heavy atom. The van der Waals surface area contributed by atoms with Crippen molar-refractivity contribution in [2.24, 2.45) is 0 Å². The topological polar surface area (TPSA) is 68.2 Å². The Balaban J connectivity index is 2.19. The largest absolute Gasteiger partial charge is 0.356 e. The highest BCUT2D eigenvalue weighted by molar-refractivity contribution is 7.90. The van der Waals surface area contributed by atoms with Gasteiger partial charge in [-0.25, -0.2) is 12.4 Å². The summed E-state index contributed by atoms with van der Waals surface area (Å²) in [5.74, 6) is 0. The third kappa shape index (κ3) is 3.30. The predicted molar refractivity (Wildman–Crippen MR) is 98.1 cm³/mol. The van der Waals surface area contributed by atoms with Gasteiger partial charge in [0.25, 0.3) is 10.0 Å². The number of aryl methyl sites for hydroxylation is 1. The van der Waals surface area contributed by atoms with Gasteiger partial charge < -0.3 is 5.32 Å². The molecule has 0 radical (unpaired) electrons. The molecule has 0 aliphatic carbocycles. The molecule has 1 aromatic heterocycles. The molecule has 130 valence electrons. The monoisotopic (exact) mass is 356 g/mol. The fraction of sp³-hybridized carbons (Fsp3) is 0.211. The van der Waals surface area contributed by atoms with E-state index in [4.69, 9.17) is 0 Å². The number of amides is 1. The van der Waals surface area contributed by atoms with Crippen molar-refractivity contribution in [1.82, 2.24) is 9.29 Å². The van der Waals surface area contributed by atoms with Crippen molar-refractivity contribution in [3.8, 4) is 0 Å². The van der Waals surface area contributed by atoms with Gasteiger partial charge in [0, 0.05) is 23.5 Å². The summed E-state index contributed by atoms with van der Waals surface area (Å²) in [6.07, 6.45) is 1.05.